The Bertz CT molecular complexity index is 594. The number of rotatable bonds is 4. The number of halogens is 3. The Hall–Kier alpha value is -1.75. The molecule has 2 aromatic carbocycles. The van der Waals surface area contributed by atoms with Crippen molar-refractivity contribution in [3.05, 3.63) is 70.8 Å². The van der Waals surface area contributed by atoms with Gasteiger partial charge >= 0.3 is 0 Å². The number of carbonyl (C=O) groups excluding carboxylic acids is 1. The van der Waals surface area contributed by atoms with Crippen molar-refractivity contribution in [2.24, 2.45) is 0 Å². The van der Waals surface area contributed by atoms with Crippen LogP contribution < -0.4 is 5.32 Å². The van der Waals surface area contributed by atoms with Crippen LogP contribution in [-0.2, 0) is 11.9 Å². The summed E-state index contributed by atoms with van der Waals surface area (Å²) in [6, 6.07) is 10.9. The molecule has 1 N–H and O–H groups in total. The molecule has 0 aromatic heterocycles. The minimum absolute atomic E-state index is 0.217. The van der Waals surface area contributed by atoms with Crippen LogP contribution in [0.25, 0.3) is 0 Å². The first kappa shape index (κ1) is 14.7. The van der Waals surface area contributed by atoms with Crippen LogP contribution in [0, 0.1) is 11.6 Å². The fourth-order valence-corrected chi connectivity index (χ4v) is 2.11. The average Bonchev–Trinajstić information content (AvgIpc) is 2.45. The topological polar surface area (TPSA) is 29.1 Å². The molecule has 0 bridgehead atoms. The number of benzene rings is 2. The number of carbonyl (C=O) groups is 1. The van der Waals surface area contributed by atoms with E-state index in [1.807, 2.05) is 24.3 Å². The number of hydrogen-bond donors (Lipinski definition) is 1. The molecule has 0 saturated heterocycles. The third-order valence-electron chi connectivity index (χ3n) is 2.82. The molecule has 0 atom stereocenters. The molecule has 104 valence electrons. The van der Waals surface area contributed by atoms with Gasteiger partial charge in [-0.05, 0) is 23.3 Å². The van der Waals surface area contributed by atoms with E-state index in [1.165, 1.54) is 6.07 Å². The van der Waals surface area contributed by atoms with Crippen molar-refractivity contribution in [1.29, 1.82) is 0 Å². The van der Waals surface area contributed by atoms with Crippen LogP contribution in [0.4, 0.5) is 8.78 Å². The predicted molar refractivity (Wildman–Crippen MR) is 76.6 cm³/mol. The van der Waals surface area contributed by atoms with Gasteiger partial charge in [0, 0.05) is 11.9 Å². The minimum Gasteiger partial charge on any atom is -0.348 e. The van der Waals surface area contributed by atoms with E-state index in [0.29, 0.717) is 0 Å². The van der Waals surface area contributed by atoms with Gasteiger partial charge in [0.1, 0.15) is 17.2 Å². The van der Waals surface area contributed by atoms with Gasteiger partial charge < -0.3 is 5.32 Å². The van der Waals surface area contributed by atoms with Crippen molar-refractivity contribution in [2.45, 2.75) is 11.9 Å². The van der Waals surface area contributed by atoms with Gasteiger partial charge in [-0.2, -0.15) is 0 Å². The van der Waals surface area contributed by atoms with Crippen molar-refractivity contribution < 1.29 is 13.6 Å². The fraction of sp³-hybridized carbons (Fsp3) is 0.133. The van der Waals surface area contributed by atoms with E-state index in [4.69, 9.17) is 0 Å². The molecular formula is C15H12BrF2NO. The smallest absolute Gasteiger partial charge is 0.257 e. The molecule has 0 aliphatic carbocycles. The van der Waals surface area contributed by atoms with Gasteiger partial charge in [0.15, 0.2) is 0 Å². The lowest BCUT2D eigenvalue weighted by Crippen LogP contribution is -2.25. The highest BCUT2D eigenvalue weighted by molar-refractivity contribution is 9.08. The third-order valence-corrected chi connectivity index (χ3v) is 3.47. The van der Waals surface area contributed by atoms with Crippen LogP contribution in [0.1, 0.15) is 21.5 Å². The van der Waals surface area contributed by atoms with E-state index >= 15 is 0 Å². The van der Waals surface area contributed by atoms with E-state index in [9.17, 15) is 13.6 Å². The first-order valence-electron chi connectivity index (χ1n) is 5.98. The van der Waals surface area contributed by atoms with Crippen LogP contribution in [0.5, 0.6) is 0 Å². The highest BCUT2D eigenvalue weighted by atomic mass is 79.9. The summed E-state index contributed by atoms with van der Waals surface area (Å²) in [6.45, 7) is 0.217. The maximum absolute atomic E-state index is 13.4. The Morgan fingerprint density at radius 1 is 1.00 bits per heavy atom. The molecule has 5 heteroatoms. The van der Waals surface area contributed by atoms with Gasteiger partial charge in [-0.3, -0.25) is 4.79 Å². The maximum atomic E-state index is 13.4. The Balaban J connectivity index is 2.05. The second kappa shape index (κ2) is 6.61. The molecule has 2 nitrogen and oxygen atoms in total. The summed E-state index contributed by atoms with van der Waals surface area (Å²) < 4.78 is 26.8. The number of alkyl halides is 1. The van der Waals surface area contributed by atoms with E-state index in [1.54, 1.807) is 0 Å². The molecule has 1 amide bonds. The molecule has 0 saturated carbocycles. The summed E-state index contributed by atoms with van der Waals surface area (Å²) in [5.41, 5.74) is 1.42. The lowest BCUT2D eigenvalue weighted by Gasteiger charge is -2.07. The molecule has 2 rings (SSSR count). The van der Waals surface area contributed by atoms with Gasteiger partial charge in [0.05, 0.1) is 0 Å². The minimum atomic E-state index is -0.864. The molecule has 0 spiro atoms. The van der Waals surface area contributed by atoms with Gasteiger partial charge in [-0.25, -0.2) is 8.78 Å². The molecule has 0 aliphatic heterocycles. The van der Waals surface area contributed by atoms with Crippen LogP contribution in [0.3, 0.4) is 0 Å². The number of nitrogens with one attached hydrogen (secondary N) is 1. The van der Waals surface area contributed by atoms with Crippen LogP contribution >= 0.6 is 15.9 Å². The van der Waals surface area contributed by atoms with Crippen LogP contribution in [0.2, 0.25) is 0 Å². The standard InChI is InChI=1S/C15H12BrF2NO/c16-8-10-4-6-11(7-5-10)9-19-15(20)14-12(17)2-1-3-13(14)18/h1-7H,8-9H2,(H,19,20). The molecule has 20 heavy (non-hydrogen) atoms. The van der Waals surface area contributed by atoms with Crippen LogP contribution in [-0.4, -0.2) is 5.91 Å². The molecule has 0 fully saturated rings. The summed E-state index contributed by atoms with van der Waals surface area (Å²) in [4.78, 5) is 11.8. The van der Waals surface area contributed by atoms with Crippen molar-refractivity contribution >= 4 is 21.8 Å². The predicted octanol–water partition coefficient (Wildman–Crippen LogP) is 3.79. The zero-order valence-electron chi connectivity index (χ0n) is 10.5. The van der Waals surface area contributed by atoms with Crippen molar-refractivity contribution in [2.75, 3.05) is 0 Å². The number of amides is 1. The lowest BCUT2D eigenvalue weighted by molar-refractivity contribution is 0.0942. The van der Waals surface area contributed by atoms with Crippen molar-refractivity contribution in [3.8, 4) is 0 Å². The summed E-state index contributed by atoms with van der Waals surface area (Å²) in [5, 5.41) is 3.25. The summed E-state index contributed by atoms with van der Waals surface area (Å²) >= 11 is 3.34. The quantitative estimate of drug-likeness (QED) is 0.843. The lowest BCUT2D eigenvalue weighted by atomic mass is 10.1. The maximum Gasteiger partial charge on any atom is 0.257 e. The van der Waals surface area contributed by atoms with Crippen molar-refractivity contribution in [1.82, 2.24) is 5.32 Å². The molecule has 2 aromatic rings. The Morgan fingerprint density at radius 2 is 1.55 bits per heavy atom. The summed E-state index contributed by atoms with van der Waals surface area (Å²) in [5.74, 6) is -2.49. The largest absolute Gasteiger partial charge is 0.348 e. The summed E-state index contributed by atoms with van der Waals surface area (Å²) in [6.07, 6.45) is 0. The van der Waals surface area contributed by atoms with Crippen molar-refractivity contribution in [3.63, 3.8) is 0 Å². The molecule has 0 radical (unpaired) electrons. The SMILES string of the molecule is O=C(NCc1ccc(CBr)cc1)c1c(F)cccc1F. The zero-order chi connectivity index (χ0) is 14.5. The van der Waals surface area contributed by atoms with Crippen LogP contribution in [0.15, 0.2) is 42.5 Å². The molecular weight excluding hydrogens is 328 g/mol. The number of hydrogen-bond acceptors (Lipinski definition) is 1. The third kappa shape index (κ3) is 3.42. The highest BCUT2D eigenvalue weighted by Crippen LogP contribution is 2.12. The molecule has 0 unspecified atom stereocenters. The monoisotopic (exact) mass is 339 g/mol. The van der Waals surface area contributed by atoms with Gasteiger partial charge in [-0.1, -0.05) is 46.3 Å². The normalized spacial score (nSPS) is 10.3. The van der Waals surface area contributed by atoms with E-state index < -0.39 is 23.1 Å². The van der Waals surface area contributed by atoms with E-state index in [-0.39, 0.29) is 6.54 Å². The van der Waals surface area contributed by atoms with Gasteiger partial charge in [0.25, 0.3) is 5.91 Å². The Morgan fingerprint density at radius 3 is 2.10 bits per heavy atom. The van der Waals surface area contributed by atoms with Gasteiger partial charge in [-0.15, -0.1) is 0 Å². The first-order chi connectivity index (χ1) is 9.61. The van der Waals surface area contributed by atoms with E-state index in [0.717, 1.165) is 28.6 Å². The molecule has 0 heterocycles. The zero-order valence-corrected chi connectivity index (χ0v) is 12.1. The molecule has 0 aliphatic rings. The Labute approximate surface area is 123 Å². The second-order valence-corrected chi connectivity index (χ2v) is 4.79. The second-order valence-electron chi connectivity index (χ2n) is 4.23. The highest BCUT2D eigenvalue weighted by Gasteiger charge is 2.16. The average molecular weight is 340 g/mol. The first-order valence-corrected chi connectivity index (χ1v) is 7.10. The summed E-state index contributed by atoms with van der Waals surface area (Å²) in [7, 11) is 0. The fourth-order valence-electron chi connectivity index (χ4n) is 1.73. The Kier molecular flexibility index (Phi) is 4.84. The van der Waals surface area contributed by atoms with Gasteiger partial charge in [0.2, 0.25) is 0 Å². The van der Waals surface area contributed by atoms with E-state index in [2.05, 4.69) is 21.2 Å².